The molecular weight excluding hydrogens is 414 g/mol. The van der Waals surface area contributed by atoms with E-state index in [2.05, 4.69) is 10.3 Å². The maximum atomic E-state index is 12.8. The summed E-state index contributed by atoms with van der Waals surface area (Å²) in [4.78, 5) is 28.4. The van der Waals surface area contributed by atoms with Gasteiger partial charge in [-0.1, -0.05) is 66.7 Å². The molecule has 4 rings (SSSR count). The molecule has 0 saturated heterocycles. The van der Waals surface area contributed by atoms with E-state index in [4.69, 9.17) is 10.5 Å². The van der Waals surface area contributed by atoms with Crippen LogP contribution in [0, 0.1) is 0 Å². The molecule has 0 radical (unpaired) electrons. The fraction of sp³-hybridized carbons (Fsp3) is 0.0741. The average Bonchev–Trinajstić information content (AvgIpc) is 2.85. The molecule has 0 aliphatic heterocycles. The normalized spacial score (nSPS) is 10.6. The molecule has 1 heterocycles. The van der Waals surface area contributed by atoms with Crippen LogP contribution in [0.25, 0.3) is 0 Å². The van der Waals surface area contributed by atoms with Gasteiger partial charge < -0.3 is 15.8 Å². The van der Waals surface area contributed by atoms with Crippen molar-refractivity contribution in [1.29, 1.82) is 0 Å². The predicted octanol–water partition coefficient (Wildman–Crippen LogP) is 5.13. The van der Waals surface area contributed by atoms with Crippen LogP contribution in [0.2, 0.25) is 0 Å². The lowest BCUT2D eigenvalue weighted by atomic mass is 9.88. The van der Waals surface area contributed by atoms with Crippen molar-refractivity contribution >= 4 is 17.5 Å². The number of nitrogens with one attached hydrogen (secondary N) is 1. The number of pyridine rings is 1. The van der Waals surface area contributed by atoms with Gasteiger partial charge in [0.05, 0.1) is 11.9 Å². The van der Waals surface area contributed by atoms with E-state index in [0.29, 0.717) is 29.3 Å². The summed E-state index contributed by atoms with van der Waals surface area (Å²) in [6, 6.07) is 29.9. The largest absolute Gasteiger partial charge is 0.439 e. The van der Waals surface area contributed by atoms with E-state index in [9.17, 15) is 9.59 Å². The second-order valence-electron chi connectivity index (χ2n) is 7.51. The number of aromatic nitrogens is 1. The fourth-order valence-electron chi connectivity index (χ4n) is 3.54. The minimum absolute atomic E-state index is 0.0551. The number of amides is 2. The molecule has 0 saturated carbocycles. The van der Waals surface area contributed by atoms with Crippen LogP contribution in [0.3, 0.4) is 0 Å². The Morgan fingerprint density at radius 1 is 0.848 bits per heavy atom. The molecule has 2 amide bonds. The van der Waals surface area contributed by atoms with Crippen LogP contribution in [-0.2, 0) is 4.79 Å². The number of carbonyl (C=O) groups excluding carboxylic acids is 2. The number of ether oxygens (including phenoxy) is 1. The summed E-state index contributed by atoms with van der Waals surface area (Å²) < 4.78 is 5.68. The maximum absolute atomic E-state index is 12.8. The summed E-state index contributed by atoms with van der Waals surface area (Å²) in [7, 11) is 0. The van der Waals surface area contributed by atoms with Crippen LogP contribution in [0.1, 0.15) is 33.8 Å². The summed E-state index contributed by atoms with van der Waals surface area (Å²) in [6.07, 6.45) is 1.83. The zero-order valence-electron chi connectivity index (χ0n) is 17.8. The number of nitrogens with zero attached hydrogens (tertiary/aromatic N) is 1. The first kappa shape index (κ1) is 21.8. The van der Waals surface area contributed by atoms with Gasteiger partial charge in [0.1, 0.15) is 5.75 Å². The average molecular weight is 437 g/mol. The van der Waals surface area contributed by atoms with Gasteiger partial charge in [-0.3, -0.25) is 9.59 Å². The highest BCUT2D eigenvalue weighted by Crippen LogP contribution is 2.28. The maximum Gasteiger partial charge on any atom is 0.248 e. The van der Waals surface area contributed by atoms with Crippen LogP contribution in [0.4, 0.5) is 5.69 Å². The van der Waals surface area contributed by atoms with E-state index < -0.39 is 5.91 Å². The van der Waals surface area contributed by atoms with Crippen molar-refractivity contribution in [3.05, 3.63) is 120 Å². The Bertz CT molecular complexity index is 1190. The summed E-state index contributed by atoms with van der Waals surface area (Å²) in [6.45, 7) is 0. The van der Waals surface area contributed by atoms with Gasteiger partial charge in [-0.2, -0.15) is 0 Å². The minimum atomic E-state index is -0.532. The molecule has 0 bridgehead atoms. The summed E-state index contributed by atoms with van der Waals surface area (Å²) >= 11 is 0. The highest BCUT2D eigenvalue weighted by atomic mass is 16.5. The zero-order valence-corrected chi connectivity index (χ0v) is 17.8. The first-order chi connectivity index (χ1) is 16.1. The van der Waals surface area contributed by atoms with Crippen molar-refractivity contribution in [2.24, 2.45) is 5.73 Å². The van der Waals surface area contributed by atoms with Gasteiger partial charge in [0, 0.05) is 24.0 Å². The standard InChI is InChI=1S/C27H23N3O3/c28-27(32)21-12-7-13-23(16-21)33-26-15-14-22(18-29-26)30-25(31)17-24(19-8-3-1-4-9-19)20-10-5-2-6-11-20/h1-16,18,24H,17H2,(H2,28,32)(H,30,31). The summed E-state index contributed by atoms with van der Waals surface area (Å²) in [5, 5.41) is 2.91. The van der Waals surface area contributed by atoms with E-state index in [1.165, 1.54) is 6.20 Å². The van der Waals surface area contributed by atoms with Gasteiger partial charge in [-0.15, -0.1) is 0 Å². The molecule has 6 heteroatoms. The monoisotopic (exact) mass is 437 g/mol. The van der Waals surface area contributed by atoms with E-state index in [1.54, 1.807) is 36.4 Å². The molecule has 0 atom stereocenters. The molecule has 0 spiro atoms. The lowest BCUT2D eigenvalue weighted by Gasteiger charge is -2.18. The molecule has 33 heavy (non-hydrogen) atoms. The smallest absolute Gasteiger partial charge is 0.248 e. The predicted molar refractivity (Wildman–Crippen MR) is 127 cm³/mol. The molecule has 0 unspecified atom stereocenters. The Morgan fingerprint density at radius 3 is 2.09 bits per heavy atom. The van der Waals surface area contributed by atoms with Gasteiger partial charge in [-0.05, 0) is 35.4 Å². The Balaban J connectivity index is 1.42. The first-order valence-electron chi connectivity index (χ1n) is 10.5. The van der Waals surface area contributed by atoms with Gasteiger partial charge in [-0.25, -0.2) is 4.98 Å². The topological polar surface area (TPSA) is 94.3 Å². The highest BCUT2D eigenvalue weighted by Gasteiger charge is 2.18. The Kier molecular flexibility index (Phi) is 6.75. The number of nitrogens with two attached hydrogens (primary N) is 1. The number of hydrogen-bond acceptors (Lipinski definition) is 4. The quantitative estimate of drug-likeness (QED) is 0.399. The molecule has 0 fully saturated rings. The summed E-state index contributed by atoms with van der Waals surface area (Å²) in [5.74, 6) is 0.0822. The number of rotatable bonds is 8. The molecule has 3 aromatic carbocycles. The minimum Gasteiger partial charge on any atom is -0.439 e. The first-order valence-corrected chi connectivity index (χ1v) is 10.5. The van der Waals surface area contributed by atoms with Crippen LogP contribution < -0.4 is 15.8 Å². The van der Waals surface area contributed by atoms with Gasteiger partial charge in [0.15, 0.2) is 0 Å². The van der Waals surface area contributed by atoms with E-state index in [0.717, 1.165) is 11.1 Å². The molecule has 6 nitrogen and oxygen atoms in total. The molecule has 4 aromatic rings. The van der Waals surface area contributed by atoms with Crippen molar-refractivity contribution in [1.82, 2.24) is 4.98 Å². The Labute approximate surface area is 192 Å². The summed E-state index contributed by atoms with van der Waals surface area (Å²) in [5.41, 5.74) is 8.38. The van der Waals surface area contributed by atoms with Crippen LogP contribution in [-0.4, -0.2) is 16.8 Å². The third kappa shape index (κ3) is 5.83. The molecule has 164 valence electrons. The van der Waals surface area contributed by atoms with Crippen molar-refractivity contribution in [3.8, 4) is 11.6 Å². The van der Waals surface area contributed by atoms with Gasteiger partial charge in [0.25, 0.3) is 0 Å². The number of hydrogen-bond donors (Lipinski definition) is 2. The van der Waals surface area contributed by atoms with Crippen molar-refractivity contribution in [3.63, 3.8) is 0 Å². The van der Waals surface area contributed by atoms with E-state index >= 15 is 0 Å². The second kappa shape index (κ2) is 10.2. The molecule has 0 aliphatic carbocycles. The molecular formula is C27H23N3O3. The SMILES string of the molecule is NC(=O)c1cccc(Oc2ccc(NC(=O)CC(c3ccccc3)c3ccccc3)cn2)c1. The zero-order chi connectivity index (χ0) is 23.0. The molecule has 1 aromatic heterocycles. The number of anilines is 1. The number of carbonyl (C=O) groups is 2. The number of primary amides is 1. The molecule has 3 N–H and O–H groups in total. The lowest BCUT2D eigenvalue weighted by Crippen LogP contribution is -2.16. The van der Waals surface area contributed by atoms with Crippen LogP contribution in [0.5, 0.6) is 11.6 Å². The Morgan fingerprint density at radius 2 is 1.52 bits per heavy atom. The number of benzene rings is 3. The van der Waals surface area contributed by atoms with Gasteiger partial charge >= 0.3 is 0 Å². The lowest BCUT2D eigenvalue weighted by molar-refractivity contribution is -0.116. The van der Waals surface area contributed by atoms with Crippen molar-refractivity contribution in [2.75, 3.05) is 5.32 Å². The third-order valence-electron chi connectivity index (χ3n) is 5.15. The van der Waals surface area contributed by atoms with Crippen LogP contribution >= 0.6 is 0 Å². The van der Waals surface area contributed by atoms with Crippen molar-refractivity contribution < 1.29 is 14.3 Å². The van der Waals surface area contributed by atoms with Gasteiger partial charge in [0.2, 0.25) is 17.7 Å². The molecule has 0 aliphatic rings. The second-order valence-corrected chi connectivity index (χ2v) is 7.51. The van der Waals surface area contributed by atoms with Crippen LogP contribution in [0.15, 0.2) is 103 Å². The third-order valence-corrected chi connectivity index (χ3v) is 5.15. The fourth-order valence-corrected chi connectivity index (χ4v) is 3.54. The van der Waals surface area contributed by atoms with Crippen molar-refractivity contribution in [2.45, 2.75) is 12.3 Å². The highest BCUT2D eigenvalue weighted by molar-refractivity contribution is 5.93. The van der Waals surface area contributed by atoms with E-state index in [1.807, 2.05) is 60.7 Å². The van der Waals surface area contributed by atoms with E-state index in [-0.39, 0.29) is 11.8 Å². The Hall–Kier alpha value is -4.45.